The number of carbonyl (C=O) groups excluding carboxylic acids is 1. The molecule has 166 valence electrons. The molecular weight excluding hydrogens is 444 g/mol. The average Bonchev–Trinajstić information content (AvgIpc) is 3.24. The van der Waals surface area contributed by atoms with E-state index < -0.39 is 0 Å². The zero-order chi connectivity index (χ0) is 23.0. The number of amides is 1. The molecule has 0 aliphatic carbocycles. The van der Waals surface area contributed by atoms with Gasteiger partial charge in [-0.05, 0) is 65.7 Å². The molecule has 0 aliphatic heterocycles. The van der Waals surface area contributed by atoms with Crippen molar-refractivity contribution in [3.8, 4) is 5.69 Å². The Labute approximate surface area is 193 Å². The molecule has 0 fully saturated rings. The van der Waals surface area contributed by atoms with Gasteiger partial charge >= 0.3 is 0 Å². The van der Waals surface area contributed by atoms with Gasteiger partial charge in [0.1, 0.15) is 11.6 Å². The van der Waals surface area contributed by atoms with E-state index >= 15 is 0 Å². The van der Waals surface area contributed by atoms with E-state index in [1.54, 1.807) is 41.2 Å². The monoisotopic (exact) mass is 463 g/mol. The Morgan fingerprint density at radius 2 is 1.79 bits per heavy atom. The molecule has 0 saturated heterocycles. The normalized spacial score (nSPS) is 11.1. The summed E-state index contributed by atoms with van der Waals surface area (Å²) >= 11 is 1.47. The maximum Gasteiger partial charge on any atom is 0.244 e. The van der Waals surface area contributed by atoms with Crippen molar-refractivity contribution in [3.05, 3.63) is 108 Å². The Hall–Kier alpha value is -3.85. The summed E-state index contributed by atoms with van der Waals surface area (Å²) in [6, 6.07) is 15.7. The van der Waals surface area contributed by atoms with Gasteiger partial charge in [-0.2, -0.15) is 0 Å². The standard InChI is InChI=1S/C24H19F2N5OS/c25-19-5-7-21(8-6-19)31-22(29-30-24(31)33-16-18-10-12-27-13-11-18)15-28-23(32)9-4-17-2-1-3-20(26)14-17/h1-14H,15-16H2,(H,28,32)/b9-4+. The van der Waals surface area contributed by atoms with Gasteiger partial charge in [-0.1, -0.05) is 23.9 Å². The predicted octanol–water partition coefficient (Wildman–Crippen LogP) is 4.56. The lowest BCUT2D eigenvalue weighted by molar-refractivity contribution is -0.116. The van der Waals surface area contributed by atoms with Crippen LogP contribution in [0, 0.1) is 11.6 Å². The molecule has 0 saturated carbocycles. The van der Waals surface area contributed by atoms with Crippen LogP contribution in [0.5, 0.6) is 0 Å². The molecule has 4 aromatic rings. The highest BCUT2D eigenvalue weighted by Gasteiger charge is 2.15. The number of nitrogens with zero attached hydrogens (tertiary/aromatic N) is 4. The largest absolute Gasteiger partial charge is 0.345 e. The Bertz CT molecular complexity index is 1260. The van der Waals surface area contributed by atoms with Crippen molar-refractivity contribution < 1.29 is 13.6 Å². The number of halogens is 2. The fraction of sp³-hybridized carbons (Fsp3) is 0.0833. The minimum Gasteiger partial charge on any atom is -0.345 e. The SMILES string of the molecule is O=C(/C=C/c1cccc(F)c1)NCc1nnc(SCc2ccncc2)n1-c1ccc(F)cc1. The molecule has 33 heavy (non-hydrogen) atoms. The molecule has 6 nitrogen and oxygen atoms in total. The second-order valence-electron chi connectivity index (χ2n) is 6.96. The minimum absolute atomic E-state index is 0.104. The number of carbonyl (C=O) groups is 1. The average molecular weight is 464 g/mol. The number of hydrogen-bond acceptors (Lipinski definition) is 5. The number of nitrogens with one attached hydrogen (secondary N) is 1. The maximum absolute atomic E-state index is 13.5. The van der Waals surface area contributed by atoms with Gasteiger partial charge in [-0.3, -0.25) is 14.3 Å². The molecule has 2 aromatic carbocycles. The summed E-state index contributed by atoms with van der Waals surface area (Å²) in [4.78, 5) is 16.3. The smallest absolute Gasteiger partial charge is 0.244 e. The quantitative estimate of drug-likeness (QED) is 0.306. The first kappa shape index (κ1) is 22.3. The predicted molar refractivity (Wildman–Crippen MR) is 122 cm³/mol. The van der Waals surface area contributed by atoms with E-state index in [-0.39, 0.29) is 24.1 Å². The highest BCUT2D eigenvalue weighted by atomic mass is 32.2. The number of rotatable bonds is 8. The van der Waals surface area contributed by atoms with E-state index in [0.29, 0.717) is 28.0 Å². The lowest BCUT2D eigenvalue weighted by atomic mass is 10.2. The first-order chi connectivity index (χ1) is 16.1. The van der Waals surface area contributed by atoms with Gasteiger partial charge in [0.25, 0.3) is 0 Å². The first-order valence-electron chi connectivity index (χ1n) is 10.0. The first-order valence-corrected chi connectivity index (χ1v) is 11.0. The van der Waals surface area contributed by atoms with Crippen LogP contribution in [0.1, 0.15) is 17.0 Å². The van der Waals surface area contributed by atoms with Crippen LogP contribution in [-0.2, 0) is 17.1 Å². The molecule has 9 heteroatoms. The van der Waals surface area contributed by atoms with E-state index in [2.05, 4.69) is 20.5 Å². The molecule has 0 bridgehead atoms. The molecule has 1 N–H and O–H groups in total. The maximum atomic E-state index is 13.5. The Morgan fingerprint density at radius 3 is 2.55 bits per heavy atom. The summed E-state index contributed by atoms with van der Waals surface area (Å²) in [7, 11) is 0. The number of pyridine rings is 1. The van der Waals surface area contributed by atoms with Gasteiger partial charge < -0.3 is 5.32 Å². The molecule has 2 heterocycles. The van der Waals surface area contributed by atoms with E-state index in [0.717, 1.165) is 5.56 Å². The minimum atomic E-state index is -0.373. The third kappa shape index (κ3) is 6.11. The third-order valence-electron chi connectivity index (χ3n) is 4.60. The number of benzene rings is 2. The molecule has 0 spiro atoms. The highest BCUT2D eigenvalue weighted by molar-refractivity contribution is 7.98. The van der Waals surface area contributed by atoms with Crippen molar-refractivity contribution in [2.24, 2.45) is 0 Å². The zero-order valence-electron chi connectivity index (χ0n) is 17.4. The van der Waals surface area contributed by atoms with Gasteiger partial charge in [0.15, 0.2) is 11.0 Å². The molecular formula is C24H19F2N5OS. The Balaban J connectivity index is 1.50. The zero-order valence-corrected chi connectivity index (χ0v) is 18.2. The number of hydrogen-bond donors (Lipinski definition) is 1. The Kier molecular flexibility index (Phi) is 7.21. The molecule has 4 rings (SSSR count). The van der Waals surface area contributed by atoms with Crippen molar-refractivity contribution in [2.75, 3.05) is 0 Å². The van der Waals surface area contributed by atoms with Crippen LogP contribution >= 0.6 is 11.8 Å². The third-order valence-corrected chi connectivity index (χ3v) is 5.60. The van der Waals surface area contributed by atoms with Crippen LogP contribution < -0.4 is 5.32 Å². The van der Waals surface area contributed by atoms with Crippen molar-refractivity contribution in [1.82, 2.24) is 25.1 Å². The van der Waals surface area contributed by atoms with Gasteiger partial charge in [0.2, 0.25) is 5.91 Å². The molecule has 0 unspecified atom stereocenters. The molecule has 2 aromatic heterocycles. The summed E-state index contributed by atoms with van der Waals surface area (Å²) in [5, 5.41) is 11.9. The Morgan fingerprint density at radius 1 is 1.00 bits per heavy atom. The van der Waals surface area contributed by atoms with Gasteiger partial charge in [0, 0.05) is 29.9 Å². The van der Waals surface area contributed by atoms with Gasteiger partial charge in [-0.25, -0.2) is 8.78 Å². The highest BCUT2D eigenvalue weighted by Crippen LogP contribution is 2.25. The summed E-state index contributed by atoms with van der Waals surface area (Å²) in [6.45, 7) is 0.104. The molecule has 0 radical (unpaired) electrons. The van der Waals surface area contributed by atoms with Crippen LogP contribution in [0.4, 0.5) is 8.78 Å². The lowest BCUT2D eigenvalue weighted by Crippen LogP contribution is -2.22. The molecule has 0 aliphatic rings. The van der Waals surface area contributed by atoms with Crippen molar-refractivity contribution >= 4 is 23.7 Å². The van der Waals surface area contributed by atoms with Gasteiger partial charge in [-0.15, -0.1) is 10.2 Å². The van der Waals surface area contributed by atoms with E-state index in [1.165, 1.54) is 48.2 Å². The van der Waals surface area contributed by atoms with Gasteiger partial charge in [0.05, 0.1) is 6.54 Å². The summed E-state index contributed by atoms with van der Waals surface area (Å²) in [6.07, 6.45) is 6.30. The number of aromatic nitrogens is 4. The fourth-order valence-corrected chi connectivity index (χ4v) is 3.92. The molecule has 1 amide bonds. The van der Waals surface area contributed by atoms with Crippen LogP contribution in [-0.4, -0.2) is 25.7 Å². The second kappa shape index (κ2) is 10.6. The van der Waals surface area contributed by atoms with E-state index in [4.69, 9.17) is 0 Å². The fourth-order valence-electron chi connectivity index (χ4n) is 2.99. The van der Waals surface area contributed by atoms with Crippen LogP contribution in [0.25, 0.3) is 11.8 Å². The van der Waals surface area contributed by atoms with Crippen LogP contribution in [0.2, 0.25) is 0 Å². The molecule has 0 atom stereocenters. The van der Waals surface area contributed by atoms with Crippen molar-refractivity contribution in [1.29, 1.82) is 0 Å². The van der Waals surface area contributed by atoms with Crippen LogP contribution in [0.3, 0.4) is 0 Å². The number of thioether (sulfide) groups is 1. The summed E-state index contributed by atoms with van der Waals surface area (Å²) in [5.74, 6) is 0.0482. The van der Waals surface area contributed by atoms with E-state index in [1.807, 2.05) is 12.1 Å². The van der Waals surface area contributed by atoms with Crippen molar-refractivity contribution in [2.45, 2.75) is 17.5 Å². The summed E-state index contributed by atoms with van der Waals surface area (Å²) in [5.41, 5.74) is 2.33. The van der Waals surface area contributed by atoms with E-state index in [9.17, 15) is 13.6 Å². The van der Waals surface area contributed by atoms with Crippen molar-refractivity contribution in [3.63, 3.8) is 0 Å². The summed E-state index contributed by atoms with van der Waals surface area (Å²) < 4.78 is 28.5. The second-order valence-corrected chi connectivity index (χ2v) is 7.90. The lowest BCUT2D eigenvalue weighted by Gasteiger charge is -2.10. The topological polar surface area (TPSA) is 72.7 Å². The van der Waals surface area contributed by atoms with Crippen LogP contribution in [0.15, 0.2) is 84.3 Å².